The van der Waals surface area contributed by atoms with Gasteiger partial charge in [0.25, 0.3) is 5.69 Å². The summed E-state index contributed by atoms with van der Waals surface area (Å²) in [5.41, 5.74) is -0.200. The second-order valence-electron chi connectivity index (χ2n) is 3.23. The van der Waals surface area contributed by atoms with E-state index in [0.29, 0.717) is 0 Å². The molecule has 1 aromatic carbocycles. The lowest BCUT2D eigenvalue weighted by Gasteiger charge is -1.96. The highest BCUT2D eigenvalue weighted by Crippen LogP contribution is 2.29. The summed E-state index contributed by atoms with van der Waals surface area (Å²) in [5, 5.41) is 13.6. The van der Waals surface area contributed by atoms with Crippen molar-refractivity contribution in [2.45, 2.75) is 6.18 Å². The first kappa shape index (κ1) is 12.0. The number of hydrogen-bond donors (Lipinski definition) is 0. The van der Waals surface area contributed by atoms with Crippen LogP contribution in [0.25, 0.3) is 11.4 Å². The van der Waals surface area contributed by atoms with Gasteiger partial charge in [0.15, 0.2) is 0 Å². The minimum absolute atomic E-state index is 0.0726. The van der Waals surface area contributed by atoms with E-state index < -0.39 is 17.0 Å². The van der Waals surface area contributed by atoms with E-state index in [9.17, 15) is 23.3 Å². The Morgan fingerprint density at radius 3 is 2.61 bits per heavy atom. The van der Waals surface area contributed by atoms with E-state index in [2.05, 4.69) is 14.7 Å². The summed E-state index contributed by atoms with van der Waals surface area (Å²) in [6.07, 6.45) is -4.74. The minimum Gasteiger partial charge on any atom is -0.329 e. The Balaban J connectivity index is 2.40. The summed E-state index contributed by atoms with van der Waals surface area (Å²) in [6.45, 7) is 0. The van der Waals surface area contributed by atoms with Crippen LogP contribution >= 0.6 is 0 Å². The van der Waals surface area contributed by atoms with Crippen LogP contribution < -0.4 is 0 Å². The molecule has 1 heterocycles. The molecule has 0 unspecified atom stereocenters. The molecule has 0 atom stereocenters. The Hall–Kier alpha value is -2.45. The number of nitro benzene ring substituents is 1. The van der Waals surface area contributed by atoms with Crippen LogP contribution in [0.3, 0.4) is 0 Å². The lowest BCUT2D eigenvalue weighted by molar-refractivity contribution is -0.384. The molecule has 0 N–H and O–H groups in total. The first-order chi connectivity index (χ1) is 8.38. The van der Waals surface area contributed by atoms with E-state index in [1.54, 1.807) is 0 Å². The third-order valence-corrected chi connectivity index (χ3v) is 1.98. The minimum atomic E-state index is -4.74. The molecule has 0 fully saturated rings. The van der Waals surface area contributed by atoms with Crippen molar-refractivity contribution in [3.05, 3.63) is 40.3 Å². The van der Waals surface area contributed by atoms with Crippen molar-refractivity contribution in [3.8, 4) is 11.4 Å². The fourth-order valence-corrected chi connectivity index (χ4v) is 1.21. The summed E-state index contributed by atoms with van der Waals surface area (Å²) in [7, 11) is 0. The van der Waals surface area contributed by atoms with Gasteiger partial charge in [-0.3, -0.25) is 10.1 Å². The fourth-order valence-electron chi connectivity index (χ4n) is 1.21. The van der Waals surface area contributed by atoms with E-state index in [1.165, 1.54) is 18.2 Å². The molecule has 18 heavy (non-hydrogen) atoms. The molecule has 2 aromatic rings. The van der Waals surface area contributed by atoms with Crippen molar-refractivity contribution in [1.29, 1.82) is 0 Å². The van der Waals surface area contributed by atoms with E-state index >= 15 is 0 Å². The van der Waals surface area contributed by atoms with Crippen LogP contribution in [0, 0.1) is 10.1 Å². The molecule has 0 aliphatic rings. The second kappa shape index (κ2) is 4.09. The van der Waals surface area contributed by atoms with Gasteiger partial charge in [-0.05, 0) is 0 Å². The molecule has 0 saturated heterocycles. The van der Waals surface area contributed by atoms with Gasteiger partial charge in [-0.2, -0.15) is 18.2 Å². The van der Waals surface area contributed by atoms with Gasteiger partial charge in [-0.15, -0.1) is 0 Å². The third-order valence-electron chi connectivity index (χ3n) is 1.98. The topological polar surface area (TPSA) is 82.1 Å². The Labute approximate surface area is 97.2 Å². The summed E-state index contributed by atoms with van der Waals surface area (Å²) in [6, 6.07) is 4.92. The lowest BCUT2D eigenvalue weighted by Crippen LogP contribution is -2.04. The zero-order valence-electron chi connectivity index (χ0n) is 8.51. The monoisotopic (exact) mass is 259 g/mol. The van der Waals surface area contributed by atoms with Crippen LogP contribution in [-0.2, 0) is 6.18 Å². The van der Waals surface area contributed by atoms with Crippen molar-refractivity contribution >= 4 is 5.69 Å². The molecule has 0 amide bonds. The lowest BCUT2D eigenvalue weighted by atomic mass is 10.2. The smallest absolute Gasteiger partial charge is 0.329 e. The van der Waals surface area contributed by atoms with Crippen LogP contribution in [0.15, 0.2) is 28.8 Å². The van der Waals surface area contributed by atoms with E-state index in [4.69, 9.17) is 0 Å². The molecule has 0 spiro atoms. The molecule has 0 aliphatic heterocycles. The molecule has 6 nitrogen and oxygen atoms in total. The zero-order valence-corrected chi connectivity index (χ0v) is 8.51. The molecule has 0 aliphatic carbocycles. The second-order valence-corrected chi connectivity index (χ2v) is 3.23. The van der Waals surface area contributed by atoms with Crippen LogP contribution in [0.1, 0.15) is 5.89 Å². The number of non-ortho nitro benzene ring substituents is 1. The van der Waals surface area contributed by atoms with Crippen molar-refractivity contribution in [1.82, 2.24) is 10.1 Å². The number of halogens is 3. The van der Waals surface area contributed by atoms with E-state index in [1.807, 2.05) is 0 Å². The summed E-state index contributed by atoms with van der Waals surface area (Å²) in [5.74, 6) is -1.85. The molecule has 9 heteroatoms. The van der Waals surface area contributed by atoms with Crippen molar-refractivity contribution in [2.75, 3.05) is 0 Å². The van der Waals surface area contributed by atoms with Crippen LogP contribution in [-0.4, -0.2) is 15.1 Å². The Bertz CT molecular complexity index is 594. The zero-order chi connectivity index (χ0) is 13.3. The van der Waals surface area contributed by atoms with Crippen LogP contribution in [0.2, 0.25) is 0 Å². The maximum atomic E-state index is 12.2. The molecule has 1 aromatic heterocycles. The van der Waals surface area contributed by atoms with E-state index in [-0.39, 0.29) is 17.1 Å². The van der Waals surface area contributed by atoms with Crippen molar-refractivity contribution < 1.29 is 22.6 Å². The number of benzene rings is 1. The number of nitro groups is 1. The van der Waals surface area contributed by atoms with Gasteiger partial charge < -0.3 is 4.52 Å². The van der Waals surface area contributed by atoms with Gasteiger partial charge in [0.1, 0.15) is 0 Å². The molecule has 94 valence electrons. The highest BCUT2D eigenvalue weighted by Gasteiger charge is 2.38. The summed E-state index contributed by atoms with van der Waals surface area (Å²) < 4.78 is 40.7. The van der Waals surface area contributed by atoms with Gasteiger partial charge in [0.2, 0.25) is 5.82 Å². The standard InChI is InChI=1S/C9H4F3N3O3/c10-9(11,12)8-13-7(14-18-8)5-2-1-3-6(4-5)15(16)17/h1-4H. The fraction of sp³-hybridized carbons (Fsp3) is 0.111. The van der Waals surface area contributed by atoms with Gasteiger partial charge in [0.05, 0.1) is 4.92 Å². The SMILES string of the molecule is O=[N+]([O-])c1cccc(-c2noc(C(F)(F)F)n2)c1. The first-order valence-corrected chi connectivity index (χ1v) is 4.53. The number of rotatable bonds is 2. The Morgan fingerprint density at radius 2 is 2.06 bits per heavy atom. The molecular weight excluding hydrogens is 255 g/mol. The first-order valence-electron chi connectivity index (χ1n) is 4.53. The molecule has 0 radical (unpaired) electrons. The summed E-state index contributed by atoms with van der Waals surface area (Å²) in [4.78, 5) is 13.0. The predicted molar refractivity (Wildman–Crippen MR) is 51.4 cm³/mol. The van der Waals surface area contributed by atoms with Crippen molar-refractivity contribution in [3.63, 3.8) is 0 Å². The van der Waals surface area contributed by atoms with Crippen LogP contribution in [0.4, 0.5) is 18.9 Å². The highest BCUT2D eigenvalue weighted by atomic mass is 19.4. The predicted octanol–water partition coefficient (Wildman–Crippen LogP) is 2.66. The van der Waals surface area contributed by atoms with Gasteiger partial charge in [-0.1, -0.05) is 17.3 Å². The average Bonchev–Trinajstić information content (AvgIpc) is 2.78. The Morgan fingerprint density at radius 1 is 1.33 bits per heavy atom. The van der Waals surface area contributed by atoms with Gasteiger partial charge in [-0.25, -0.2) is 0 Å². The third kappa shape index (κ3) is 2.29. The van der Waals surface area contributed by atoms with Gasteiger partial charge in [0, 0.05) is 17.7 Å². The van der Waals surface area contributed by atoms with Crippen molar-refractivity contribution in [2.24, 2.45) is 0 Å². The van der Waals surface area contributed by atoms with Crippen LogP contribution in [0.5, 0.6) is 0 Å². The molecular formula is C9H4F3N3O3. The maximum Gasteiger partial charge on any atom is 0.471 e. The molecule has 0 saturated carbocycles. The highest BCUT2D eigenvalue weighted by molar-refractivity contribution is 5.58. The molecule has 2 rings (SSSR count). The molecule has 0 bridgehead atoms. The normalized spacial score (nSPS) is 11.5. The number of aromatic nitrogens is 2. The number of hydrogen-bond acceptors (Lipinski definition) is 5. The maximum absolute atomic E-state index is 12.2. The number of alkyl halides is 3. The van der Waals surface area contributed by atoms with E-state index in [0.717, 1.165) is 6.07 Å². The van der Waals surface area contributed by atoms with Gasteiger partial charge >= 0.3 is 12.1 Å². The quantitative estimate of drug-likeness (QED) is 0.611. The number of nitrogens with zero attached hydrogens (tertiary/aromatic N) is 3. The largest absolute Gasteiger partial charge is 0.471 e. The summed E-state index contributed by atoms with van der Waals surface area (Å²) >= 11 is 0. The Kier molecular flexibility index (Phi) is 2.73. The average molecular weight is 259 g/mol.